The molecule has 0 bridgehead atoms. The van der Waals surface area contributed by atoms with Gasteiger partial charge in [-0.3, -0.25) is 4.72 Å². The highest BCUT2D eigenvalue weighted by Gasteiger charge is 2.34. The Balaban J connectivity index is 1.98. The summed E-state index contributed by atoms with van der Waals surface area (Å²) in [5.41, 5.74) is 2.34. The van der Waals surface area contributed by atoms with Crippen molar-refractivity contribution in [1.82, 2.24) is 4.41 Å². The van der Waals surface area contributed by atoms with Crippen molar-refractivity contribution in [2.45, 2.75) is 12.5 Å². The van der Waals surface area contributed by atoms with E-state index < -0.39 is 26.1 Å². The summed E-state index contributed by atoms with van der Waals surface area (Å²) in [5.74, 6) is 0.624. The fourth-order valence-electron chi connectivity index (χ4n) is 3.04. The summed E-state index contributed by atoms with van der Waals surface area (Å²) in [4.78, 5) is 0. The van der Waals surface area contributed by atoms with E-state index >= 15 is 0 Å². The van der Waals surface area contributed by atoms with E-state index in [4.69, 9.17) is 4.74 Å². The van der Waals surface area contributed by atoms with Crippen molar-refractivity contribution >= 4 is 31.4 Å². The van der Waals surface area contributed by atoms with Crippen LogP contribution in [0.25, 0.3) is 0 Å². The summed E-state index contributed by atoms with van der Waals surface area (Å²) < 4.78 is 56.3. The second-order valence-corrected chi connectivity index (χ2v) is 10.1. The molecule has 0 amide bonds. The summed E-state index contributed by atoms with van der Waals surface area (Å²) in [7, 11) is -5.48. The number of hydrogen-bond donors (Lipinski definition) is 1. The Morgan fingerprint density at radius 2 is 1.79 bits per heavy atom. The minimum Gasteiger partial charge on any atom is -0.497 e. The Morgan fingerprint density at radius 3 is 2.43 bits per heavy atom. The topological polar surface area (TPSA) is 105 Å². The third-order valence-corrected chi connectivity index (χ3v) is 5.81. The molecule has 0 radical (unpaired) electrons. The van der Waals surface area contributed by atoms with Crippen LogP contribution in [0.3, 0.4) is 0 Å². The number of nitrogens with one attached hydrogen (secondary N) is 1. The lowest BCUT2D eigenvalue weighted by Gasteiger charge is -2.21. The van der Waals surface area contributed by atoms with E-state index in [9.17, 15) is 16.8 Å². The molecule has 28 heavy (non-hydrogen) atoms. The van der Waals surface area contributed by atoms with E-state index in [-0.39, 0.29) is 0 Å². The van der Waals surface area contributed by atoms with E-state index in [0.717, 1.165) is 22.5 Å². The molecule has 0 unspecified atom stereocenters. The lowest BCUT2D eigenvalue weighted by atomic mass is 9.99. The van der Waals surface area contributed by atoms with Crippen molar-refractivity contribution in [2.75, 3.05) is 24.3 Å². The Labute approximate surface area is 164 Å². The standard InChI is InChI=1S/C18H21N3O5S2/c1-26-16-9-5-7-14(11-16)18-12-17(19-21(18)28(3,24)25)13-6-4-8-15(10-13)20-27(2,22)23/h4-11,18,20H,12H2,1-3H3/t18-/m0/s1. The third kappa shape index (κ3) is 4.63. The maximum Gasteiger partial charge on any atom is 0.247 e. The highest BCUT2D eigenvalue weighted by Crippen LogP contribution is 2.36. The molecule has 2 aromatic rings. The van der Waals surface area contributed by atoms with Gasteiger partial charge in [0, 0.05) is 12.1 Å². The van der Waals surface area contributed by atoms with E-state index in [1.54, 1.807) is 49.6 Å². The molecular weight excluding hydrogens is 402 g/mol. The number of hydrazone groups is 1. The Bertz CT molecular complexity index is 1130. The minimum absolute atomic E-state index is 0.350. The summed E-state index contributed by atoms with van der Waals surface area (Å²) in [5, 5.41) is 4.32. The molecule has 1 N–H and O–H groups in total. The fourth-order valence-corrected chi connectivity index (χ4v) is 4.50. The van der Waals surface area contributed by atoms with E-state index in [2.05, 4.69) is 9.82 Å². The second-order valence-electron chi connectivity index (χ2n) is 6.53. The molecule has 0 saturated heterocycles. The van der Waals surface area contributed by atoms with Gasteiger partial charge in [0.1, 0.15) is 5.75 Å². The summed E-state index contributed by atoms with van der Waals surface area (Å²) in [6.07, 6.45) is 2.52. The van der Waals surface area contributed by atoms with Gasteiger partial charge in [0.2, 0.25) is 20.0 Å². The third-order valence-electron chi connectivity index (χ3n) is 4.19. The molecule has 8 nitrogen and oxygen atoms in total. The number of ether oxygens (including phenoxy) is 1. The van der Waals surface area contributed by atoms with Gasteiger partial charge in [-0.15, -0.1) is 0 Å². The van der Waals surface area contributed by atoms with Crippen LogP contribution in [0, 0.1) is 0 Å². The van der Waals surface area contributed by atoms with Crippen LogP contribution in [0.5, 0.6) is 5.75 Å². The first-order valence-electron chi connectivity index (χ1n) is 8.36. The number of benzene rings is 2. The minimum atomic E-state index is -3.61. The first-order chi connectivity index (χ1) is 13.1. The molecule has 10 heteroatoms. The molecule has 1 atom stereocenters. The fraction of sp³-hybridized carbons (Fsp3) is 0.278. The molecule has 0 saturated carbocycles. The molecule has 0 aliphatic carbocycles. The Morgan fingerprint density at radius 1 is 1.07 bits per heavy atom. The quantitative estimate of drug-likeness (QED) is 0.767. The van der Waals surface area contributed by atoms with Crippen LogP contribution in [0.15, 0.2) is 53.6 Å². The van der Waals surface area contributed by atoms with Gasteiger partial charge in [-0.2, -0.15) is 9.52 Å². The van der Waals surface area contributed by atoms with E-state index in [1.165, 1.54) is 0 Å². The molecule has 150 valence electrons. The maximum absolute atomic E-state index is 12.3. The van der Waals surface area contributed by atoms with Crippen LogP contribution >= 0.6 is 0 Å². The first kappa shape index (κ1) is 20.2. The normalized spacial score (nSPS) is 17.3. The SMILES string of the molecule is COc1cccc([C@@H]2CC(c3cccc(NS(C)(=O)=O)c3)=NN2S(C)(=O)=O)c1. The maximum atomic E-state index is 12.3. The van der Waals surface area contributed by atoms with Gasteiger partial charge in [0.25, 0.3) is 0 Å². The van der Waals surface area contributed by atoms with Gasteiger partial charge >= 0.3 is 0 Å². The molecule has 3 rings (SSSR count). The highest BCUT2D eigenvalue weighted by molar-refractivity contribution is 7.92. The van der Waals surface area contributed by atoms with Gasteiger partial charge in [0.15, 0.2) is 0 Å². The van der Waals surface area contributed by atoms with Crippen LogP contribution in [-0.4, -0.2) is 46.6 Å². The molecule has 2 aromatic carbocycles. The van der Waals surface area contributed by atoms with E-state index in [1.807, 2.05) is 6.07 Å². The van der Waals surface area contributed by atoms with Gasteiger partial charge in [-0.25, -0.2) is 16.8 Å². The highest BCUT2D eigenvalue weighted by atomic mass is 32.2. The predicted molar refractivity (Wildman–Crippen MR) is 108 cm³/mol. The lowest BCUT2D eigenvalue weighted by molar-refractivity contribution is 0.371. The smallest absolute Gasteiger partial charge is 0.247 e. The largest absolute Gasteiger partial charge is 0.497 e. The number of rotatable bonds is 6. The number of nitrogens with zero attached hydrogens (tertiary/aromatic N) is 2. The second kappa shape index (κ2) is 7.44. The van der Waals surface area contributed by atoms with Crippen molar-refractivity contribution in [2.24, 2.45) is 5.10 Å². The van der Waals surface area contributed by atoms with Crippen LogP contribution < -0.4 is 9.46 Å². The molecular formula is C18H21N3O5S2. The zero-order chi connectivity index (χ0) is 20.5. The van der Waals surface area contributed by atoms with Crippen molar-refractivity contribution in [3.8, 4) is 5.75 Å². The molecule has 0 spiro atoms. The zero-order valence-corrected chi connectivity index (χ0v) is 17.3. The van der Waals surface area contributed by atoms with Crippen molar-refractivity contribution in [3.63, 3.8) is 0 Å². The van der Waals surface area contributed by atoms with Crippen molar-refractivity contribution in [1.29, 1.82) is 0 Å². The van der Waals surface area contributed by atoms with Crippen molar-refractivity contribution < 1.29 is 21.6 Å². The van der Waals surface area contributed by atoms with Gasteiger partial charge in [0.05, 0.1) is 31.4 Å². The van der Waals surface area contributed by atoms with Crippen LogP contribution in [0.2, 0.25) is 0 Å². The van der Waals surface area contributed by atoms with Crippen LogP contribution in [0.4, 0.5) is 5.69 Å². The number of anilines is 1. The van der Waals surface area contributed by atoms with Gasteiger partial charge in [-0.05, 0) is 35.4 Å². The average Bonchev–Trinajstić information content (AvgIpc) is 3.06. The van der Waals surface area contributed by atoms with Gasteiger partial charge < -0.3 is 4.74 Å². The Kier molecular flexibility index (Phi) is 5.35. The zero-order valence-electron chi connectivity index (χ0n) is 15.7. The summed E-state index contributed by atoms with van der Waals surface area (Å²) >= 11 is 0. The van der Waals surface area contributed by atoms with Crippen LogP contribution in [0.1, 0.15) is 23.6 Å². The first-order valence-corrected chi connectivity index (χ1v) is 12.1. The summed E-state index contributed by atoms with van der Waals surface area (Å²) in [6, 6.07) is 13.4. The molecule has 1 aliphatic heterocycles. The van der Waals surface area contributed by atoms with Gasteiger partial charge in [-0.1, -0.05) is 24.3 Å². The summed E-state index contributed by atoms with van der Waals surface area (Å²) in [6.45, 7) is 0. The lowest BCUT2D eigenvalue weighted by Crippen LogP contribution is -2.25. The molecule has 0 fully saturated rings. The molecule has 1 aliphatic rings. The molecule has 1 heterocycles. The van der Waals surface area contributed by atoms with E-state index in [0.29, 0.717) is 29.1 Å². The number of hydrogen-bond acceptors (Lipinski definition) is 6. The van der Waals surface area contributed by atoms with Crippen LogP contribution in [-0.2, 0) is 20.0 Å². The van der Waals surface area contributed by atoms with Crippen molar-refractivity contribution in [3.05, 3.63) is 59.7 Å². The molecule has 0 aromatic heterocycles. The number of methoxy groups -OCH3 is 1. The average molecular weight is 424 g/mol. The Hall–Kier alpha value is -2.59. The monoisotopic (exact) mass is 423 g/mol. The predicted octanol–water partition coefficient (Wildman–Crippen LogP) is 2.18. The number of sulfonamides is 2.